The first-order valence-corrected chi connectivity index (χ1v) is 6.00. The highest BCUT2D eigenvalue weighted by molar-refractivity contribution is 7.09. The lowest BCUT2D eigenvalue weighted by Gasteiger charge is -1.86. The van der Waals surface area contributed by atoms with Crippen molar-refractivity contribution in [3.8, 4) is 11.7 Å². The zero-order chi connectivity index (χ0) is 12.5. The smallest absolute Gasteiger partial charge is 0.295 e. The summed E-state index contributed by atoms with van der Waals surface area (Å²) < 4.78 is 5.07. The maximum atomic E-state index is 5.40. The zero-order valence-electron chi connectivity index (χ0n) is 9.41. The molecule has 0 aliphatic rings. The third-order valence-corrected chi connectivity index (χ3v) is 3.12. The van der Waals surface area contributed by atoms with Gasteiger partial charge in [-0.05, 0) is 6.92 Å². The monoisotopic (exact) mass is 263 g/mol. The Morgan fingerprint density at radius 1 is 1.39 bits per heavy atom. The number of aromatic amines is 1. The molecule has 0 saturated heterocycles. The van der Waals surface area contributed by atoms with Crippen LogP contribution in [0.5, 0.6) is 0 Å². The van der Waals surface area contributed by atoms with Gasteiger partial charge in [-0.2, -0.15) is 9.97 Å². The molecule has 9 heteroatoms. The lowest BCUT2D eigenvalue weighted by Crippen LogP contribution is -1.90. The minimum atomic E-state index is 0.139. The molecule has 0 fully saturated rings. The number of hydrogen-bond donors (Lipinski definition) is 2. The summed E-state index contributed by atoms with van der Waals surface area (Å²) in [5, 5.41) is 13.1. The van der Waals surface area contributed by atoms with Crippen LogP contribution in [0.25, 0.3) is 11.7 Å². The second kappa shape index (κ2) is 4.18. The van der Waals surface area contributed by atoms with E-state index in [-0.39, 0.29) is 11.8 Å². The largest absolute Gasteiger partial charge is 0.366 e. The number of H-pyrrole nitrogens is 1. The van der Waals surface area contributed by atoms with Gasteiger partial charge in [-0.3, -0.25) is 5.10 Å². The molecule has 0 saturated carbocycles. The molecule has 0 aliphatic carbocycles. The van der Waals surface area contributed by atoms with Crippen molar-refractivity contribution in [3.05, 3.63) is 21.9 Å². The Morgan fingerprint density at radius 3 is 2.94 bits per heavy atom. The fraction of sp³-hybridized carbons (Fsp3) is 0.222. The van der Waals surface area contributed by atoms with Crippen LogP contribution in [0.3, 0.4) is 0 Å². The average molecular weight is 263 g/mol. The molecule has 0 spiro atoms. The quantitative estimate of drug-likeness (QED) is 0.716. The third-order valence-electron chi connectivity index (χ3n) is 2.15. The Bertz CT molecular complexity index is 670. The van der Waals surface area contributed by atoms with Crippen LogP contribution in [0.15, 0.2) is 9.90 Å². The first-order chi connectivity index (χ1) is 8.70. The van der Waals surface area contributed by atoms with Crippen molar-refractivity contribution >= 4 is 17.3 Å². The number of nitrogens with zero attached hydrogens (tertiary/aromatic N) is 5. The fourth-order valence-electron chi connectivity index (χ4n) is 1.41. The van der Waals surface area contributed by atoms with Gasteiger partial charge >= 0.3 is 0 Å². The van der Waals surface area contributed by atoms with Crippen LogP contribution in [0.4, 0.5) is 5.95 Å². The number of aryl methyl sites for hydroxylation is 1. The molecule has 0 unspecified atom stereocenters. The van der Waals surface area contributed by atoms with Crippen molar-refractivity contribution in [1.29, 1.82) is 0 Å². The van der Waals surface area contributed by atoms with Crippen molar-refractivity contribution in [2.75, 3.05) is 5.73 Å². The third kappa shape index (κ3) is 2.07. The molecule has 0 aromatic carbocycles. The Morgan fingerprint density at radius 2 is 2.28 bits per heavy atom. The Kier molecular flexibility index (Phi) is 2.52. The lowest BCUT2D eigenvalue weighted by atomic mass is 10.4. The predicted octanol–water partition coefficient (Wildman–Crippen LogP) is 0.793. The molecule has 18 heavy (non-hydrogen) atoms. The fourth-order valence-corrected chi connectivity index (χ4v) is 2.18. The first-order valence-electron chi connectivity index (χ1n) is 5.12. The molecule has 3 heterocycles. The minimum absolute atomic E-state index is 0.139. The number of thiazole rings is 1. The molecule has 8 nitrogen and oxygen atoms in total. The molecule has 3 aromatic rings. The standard InChI is InChI=1S/C9H9N7OS/c1-4-3-18-6(11-4)2-5-12-8(17-16-5)7-13-9(10)15-14-7/h3H,2H2,1H3,(H3,10,13,14,15). The number of nitrogens with one attached hydrogen (secondary N) is 1. The average Bonchev–Trinajstić information content (AvgIpc) is 3.01. The molecular weight excluding hydrogens is 254 g/mol. The zero-order valence-corrected chi connectivity index (χ0v) is 10.2. The van der Waals surface area contributed by atoms with E-state index in [1.54, 1.807) is 11.3 Å². The van der Waals surface area contributed by atoms with Gasteiger partial charge in [0.2, 0.25) is 11.8 Å². The first kappa shape index (κ1) is 10.8. The van der Waals surface area contributed by atoms with Crippen molar-refractivity contribution in [1.82, 2.24) is 30.3 Å². The van der Waals surface area contributed by atoms with E-state index in [9.17, 15) is 0 Å². The second-order valence-corrected chi connectivity index (χ2v) is 4.56. The molecule has 92 valence electrons. The Hall–Kier alpha value is -2.29. The van der Waals surface area contributed by atoms with Crippen LogP contribution >= 0.6 is 11.3 Å². The highest BCUT2D eigenvalue weighted by Crippen LogP contribution is 2.16. The molecule has 0 radical (unpaired) electrons. The van der Waals surface area contributed by atoms with Crippen molar-refractivity contribution in [2.45, 2.75) is 13.3 Å². The molecule has 0 amide bonds. The van der Waals surface area contributed by atoms with Crippen LogP contribution < -0.4 is 5.73 Å². The molecule has 0 aliphatic heterocycles. The summed E-state index contributed by atoms with van der Waals surface area (Å²) in [6, 6.07) is 0. The lowest BCUT2D eigenvalue weighted by molar-refractivity contribution is 0.421. The summed E-state index contributed by atoms with van der Waals surface area (Å²) in [6.45, 7) is 1.94. The van der Waals surface area contributed by atoms with E-state index in [1.165, 1.54) is 0 Å². The van der Waals surface area contributed by atoms with Crippen LogP contribution in [0.2, 0.25) is 0 Å². The summed E-state index contributed by atoms with van der Waals surface area (Å²) >= 11 is 1.57. The van der Waals surface area contributed by atoms with Gasteiger partial charge in [0, 0.05) is 11.1 Å². The molecule has 0 atom stereocenters. The summed E-state index contributed by atoms with van der Waals surface area (Å²) in [7, 11) is 0. The van der Waals surface area contributed by atoms with Gasteiger partial charge in [-0.25, -0.2) is 4.98 Å². The van der Waals surface area contributed by atoms with Gasteiger partial charge in [0.25, 0.3) is 5.89 Å². The maximum absolute atomic E-state index is 5.40. The van der Waals surface area contributed by atoms with Crippen molar-refractivity contribution in [2.24, 2.45) is 0 Å². The van der Waals surface area contributed by atoms with Crippen LogP contribution in [0.1, 0.15) is 16.5 Å². The van der Waals surface area contributed by atoms with Gasteiger partial charge in [-0.1, -0.05) is 5.16 Å². The second-order valence-electron chi connectivity index (χ2n) is 3.62. The maximum Gasteiger partial charge on any atom is 0.295 e. The molecule has 0 bridgehead atoms. The molecule has 3 N–H and O–H groups in total. The summed E-state index contributed by atoms with van der Waals surface area (Å²) in [5.41, 5.74) is 6.39. The highest BCUT2D eigenvalue weighted by Gasteiger charge is 2.13. The number of nitrogen functional groups attached to an aromatic ring is 1. The van der Waals surface area contributed by atoms with E-state index in [1.807, 2.05) is 12.3 Å². The van der Waals surface area contributed by atoms with E-state index in [2.05, 4.69) is 30.3 Å². The number of hydrogen-bond acceptors (Lipinski definition) is 8. The van der Waals surface area contributed by atoms with Gasteiger partial charge in [-0.15, -0.1) is 16.4 Å². The van der Waals surface area contributed by atoms with Crippen LogP contribution in [0, 0.1) is 6.92 Å². The van der Waals surface area contributed by atoms with Gasteiger partial charge in [0.05, 0.1) is 6.42 Å². The Balaban J connectivity index is 1.81. The van der Waals surface area contributed by atoms with Crippen molar-refractivity contribution < 1.29 is 4.52 Å². The normalized spacial score (nSPS) is 10.9. The van der Waals surface area contributed by atoms with E-state index >= 15 is 0 Å². The molecule has 3 rings (SSSR count). The summed E-state index contributed by atoms with van der Waals surface area (Å²) in [4.78, 5) is 12.4. The SMILES string of the molecule is Cc1csc(Cc2noc(-c3nc(N)n[nH]3)n2)n1. The van der Waals surface area contributed by atoms with E-state index in [0.29, 0.717) is 18.1 Å². The number of rotatable bonds is 3. The number of aromatic nitrogens is 6. The van der Waals surface area contributed by atoms with Crippen LogP contribution in [-0.2, 0) is 6.42 Å². The minimum Gasteiger partial charge on any atom is -0.366 e. The number of anilines is 1. The molecular formula is C9H9N7OS. The van der Waals surface area contributed by atoms with E-state index in [4.69, 9.17) is 10.3 Å². The Labute approximate surface area is 105 Å². The highest BCUT2D eigenvalue weighted by atomic mass is 32.1. The topological polar surface area (TPSA) is 119 Å². The summed E-state index contributed by atoms with van der Waals surface area (Å²) in [6.07, 6.45) is 0.533. The predicted molar refractivity (Wildman–Crippen MR) is 63.7 cm³/mol. The van der Waals surface area contributed by atoms with E-state index < -0.39 is 0 Å². The molecule has 3 aromatic heterocycles. The summed E-state index contributed by atoms with van der Waals surface area (Å²) in [5.74, 6) is 1.32. The van der Waals surface area contributed by atoms with Crippen molar-refractivity contribution in [3.63, 3.8) is 0 Å². The van der Waals surface area contributed by atoms with Gasteiger partial charge in [0.1, 0.15) is 5.01 Å². The van der Waals surface area contributed by atoms with Gasteiger partial charge in [0.15, 0.2) is 5.82 Å². The number of nitrogens with two attached hydrogens (primary N) is 1. The van der Waals surface area contributed by atoms with E-state index in [0.717, 1.165) is 10.7 Å². The van der Waals surface area contributed by atoms with Crippen LogP contribution in [-0.4, -0.2) is 30.3 Å². The van der Waals surface area contributed by atoms with Gasteiger partial charge < -0.3 is 10.3 Å².